The van der Waals surface area contributed by atoms with Gasteiger partial charge in [-0.25, -0.2) is 4.79 Å². The second-order valence-electron chi connectivity index (χ2n) is 16.7. The van der Waals surface area contributed by atoms with Crippen LogP contribution in [-0.4, -0.2) is 114 Å². The van der Waals surface area contributed by atoms with Crippen molar-refractivity contribution in [3.63, 3.8) is 0 Å². The van der Waals surface area contributed by atoms with Gasteiger partial charge in [-0.15, -0.1) is 0 Å². The van der Waals surface area contributed by atoms with E-state index in [0.717, 1.165) is 0 Å². The van der Waals surface area contributed by atoms with Crippen LogP contribution in [0.5, 0.6) is 0 Å². The van der Waals surface area contributed by atoms with Gasteiger partial charge in [-0.1, -0.05) is 64.4 Å². The summed E-state index contributed by atoms with van der Waals surface area (Å²) in [6.45, 7) is 15.6. The number of likely N-dealkylation sites (N-methyl/N-ethyl adjacent to an activating group) is 1. The Hall–Kier alpha value is -4.53. The highest BCUT2D eigenvalue weighted by molar-refractivity contribution is 6.38. The van der Waals surface area contributed by atoms with E-state index in [-0.39, 0.29) is 18.9 Å². The van der Waals surface area contributed by atoms with Gasteiger partial charge in [0.25, 0.3) is 5.91 Å². The molecule has 15 nitrogen and oxygen atoms in total. The quantitative estimate of drug-likeness (QED) is 0.220. The van der Waals surface area contributed by atoms with E-state index in [4.69, 9.17) is 9.47 Å². The average molecular weight is 743 g/mol. The lowest BCUT2D eigenvalue weighted by Gasteiger charge is -2.37. The van der Waals surface area contributed by atoms with Gasteiger partial charge in [-0.3, -0.25) is 28.8 Å². The van der Waals surface area contributed by atoms with Crippen molar-refractivity contribution in [1.29, 1.82) is 0 Å². The van der Waals surface area contributed by atoms with Gasteiger partial charge in [0.2, 0.25) is 29.4 Å². The lowest BCUT2D eigenvalue weighted by Crippen LogP contribution is -2.60. The largest absolute Gasteiger partial charge is 0.444 e. The molecule has 4 N–H and O–H groups in total. The number of Topliss-reactive ketones (excluding diaryl/α,β-unsaturated/α-hetero) is 1. The smallest absolute Gasteiger partial charge is 0.408 e. The van der Waals surface area contributed by atoms with Gasteiger partial charge in [-0.2, -0.15) is 0 Å². The SMILES string of the molecule is CCC[C@H](NC(=O)[C@@H]1[C@H]2CC(C)(C)O[C@H]2CN1C(=O)[C@@H](NC(=O)OC(C)(C)C)C(C)(C)C)C(=O)C(=O)NCC(=O)NC(C(=O)N(C)C)c1ccccc1. The molecule has 3 rings (SSSR count). The molecule has 1 aromatic rings. The first kappa shape index (κ1) is 42.9. The van der Waals surface area contributed by atoms with Crippen LogP contribution in [0, 0.1) is 11.3 Å². The molecule has 0 bridgehead atoms. The highest BCUT2D eigenvalue weighted by Gasteiger charge is 2.57. The van der Waals surface area contributed by atoms with Crippen LogP contribution in [0.4, 0.5) is 4.79 Å². The first-order valence-corrected chi connectivity index (χ1v) is 18.1. The molecule has 2 saturated heterocycles. The van der Waals surface area contributed by atoms with Crippen molar-refractivity contribution >= 4 is 41.4 Å². The highest BCUT2D eigenvalue weighted by atomic mass is 16.6. The molecule has 2 fully saturated rings. The normalized spacial score (nSPS) is 21.0. The Morgan fingerprint density at radius 3 is 2.13 bits per heavy atom. The fourth-order valence-electron chi connectivity index (χ4n) is 6.70. The summed E-state index contributed by atoms with van der Waals surface area (Å²) in [5.41, 5.74) is -1.62. The van der Waals surface area contributed by atoms with E-state index in [1.807, 2.05) is 13.8 Å². The zero-order valence-corrected chi connectivity index (χ0v) is 33.0. The summed E-state index contributed by atoms with van der Waals surface area (Å²) >= 11 is 0. The van der Waals surface area contributed by atoms with Crippen LogP contribution in [0.25, 0.3) is 0 Å². The van der Waals surface area contributed by atoms with E-state index in [1.54, 1.807) is 92.9 Å². The van der Waals surface area contributed by atoms with E-state index in [2.05, 4.69) is 21.3 Å². The molecule has 0 spiro atoms. The third-order valence-corrected chi connectivity index (χ3v) is 9.09. The van der Waals surface area contributed by atoms with Crippen molar-refractivity contribution in [2.45, 2.75) is 123 Å². The number of fused-ring (bicyclic) bond motifs is 1. The number of ether oxygens (including phenoxy) is 2. The second-order valence-corrected chi connectivity index (χ2v) is 16.7. The number of hydrogen-bond donors (Lipinski definition) is 4. The predicted molar refractivity (Wildman–Crippen MR) is 196 cm³/mol. The zero-order chi connectivity index (χ0) is 40.1. The van der Waals surface area contributed by atoms with Gasteiger partial charge in [0.15, 0.2) is 0 Å². The molecule has 1 unspecified atom stereocenters. The van der Waals surface area contributed by atoms with E-state index in [1.165, 1.54) is 9.80 Å². The van der Waals surface area contributed by atoms with E-state index < -0.39 is 94.9 Å². The molecule has 2 aliphatic rings. The number of rotatable bonds is 13. The molecule has 2 aliphatic heterocycles. The van der Waals surface area contributed by atoms with Crippen molar-refractivity contribution in [3.05, 3.63) is 35.9 Å². The Bertz CT molecular complexity index is 1530. The van der Waals surface area contributed by atoms with Crippen LogP contribution in [0.15, 0.2) is 30.3 Å². The Balaban J connectivity index is 1.78. The molecule has 6 amide bonds. The van der Waals surface area contributed by atoms with Crippen LogP contribution >= 0.6 is 0 Å². The first-order chi connectivity index (χ1) is 24.5. The molecule has 0 saturated carbocycles. The van der Waals surface area contributed by atoms with Crippen molar-refractivity contribution in [2.75, 3.05) is 27.2 Å². The third kappa shape index (κ3) is 11.5. The number of amides is 6. The monoisotopic (exact) mass is 742 g/mol. The molecule has 0 aromatic heterocycles. The standard InChI is InChI=1S/C38H58N6O9/c1-12-16-24(29(46)32(48)39-20-26(45)41-27(33(49)43(10)11)22-17-14-13-15-18-22)40-31(47)28-23-19-38(8,9)52-25(23)21-44(28)34(50)30(36(2,3)4)42-35(51)53-37(5,6)7/h13-15,17-18,23-25,27-28,30H,12,16,19-21H2,1-11H3,(H,39,48)(H,40,47)(H,41,45)(H,42,51)/t23-,24-,25-,27?,28-,30+/m0/s1. The Morgan fingerprint density at radius 2 is 1.58 bits per heavy atom. The number of nitrogens with one attached hydrogen (secondary N) is 4. The Kier molecular flexibility index (Phi) is 13.8. The maximum absolute atomic E-state index is 14.3. The maximum Gasteiger partial charge on any atom is 0.408 e. The van der Waals surface area contributed by atoms with E-state index in [9.17, 15) is 33.6 Å². The van der Waals surface area contributed by atoms with Crippen LogP contribution in [0.2, 0.25) is 0 Å². The number of alkyl carbamates (subject to hydrolysis) is 1. The number of ketones is 1. The fraction of sp³-hybridized carbons (Fsp3) is 0.658. The molecule has 0 radical (unpaired) electrons. The zero-order valence-electron chi connectivity index (χ0n) is 33.0. The average Bonchev–Trinajstić information content (AvgIpc) is 3.54. The lowest BCUT2D eigenvalue weighted by atomic mass is 9.85. The van der Waals surface area contributed by atoms with Crippen LogP contribution < -0.4 is 21.3 Å². The van der Waals surface area contributed by atoms with Gasteiger partial charge < -0.3 is 40.5 Å². The highest BCUT2D eigenvalue weighted by Crippen LogP contribution is 2.43. The summed E-state index contributed by atoms with van der Waals surface area (Å²) in [6.07, 6.45) is -0.275. The van der Waals surface area contributed by atoms with Gasteiger partial charge in [0.1, 0.15) is 23.7 Å². The number of nitrogens with zero attached hydrogens (tertiary/aromatic N) is 2. The van der Waals surface area contributed by atoms with E-state index >= 15 is 0 Å². The Labute approximate surface area is 312 Å². The maximum atomic E-state index is 14.3. The van der Waals surface area contributed by atoms with E-state index in [0.29, 0.717) is 18.4 Å². The topological polar surface area (TPSA) is 193 Å². The van der Waals surface area contributed by atoms with Crippen LogP contribution in [-0.2, 0) is 38.2 Å². The summed E-state index contributed by atoms with van der Waals surface area (Å²) in [5.74, 6) is -4.71. The van der Waals surface area contributed by atoms with Gasteiger partial charge in [-0.05, 0) is 58.4 Å². The molecule has 6 atom stereocenters. The number of likely N-dealkylation sites (tertiary alicyclic amines) is 1. The molecule has 1 aromatic carbocycles. The minimum absolute atomic E-state index is 0.0793. The molecule has 15 heteroatoms. The molecular weight excluding hydrogens is 684 g/mol. The molecule has 0 aliphatic carbocycles. The van der Waals surface area contributed by atoms with Crippen molar-refractivity contribution in [2.24, 2.45) is 11.3 Å². The number of carbonyl (C=O) groups excluding carboxylic acids is 7. The second kappa shape index (κ2) is 17.1. The van der Waals surface area contributed by atoms with Crippen LogP contribution in [0.1, 0.15) is 93.2 Å². The van der Waals surface area contributed by atoms with Crippen molar-refractivity contribution in [1.82, 2.24) is 31.1 Å². The van der Waals surface area contributed by atoms with Gasteiger partial charge >= 0.3 is 6.09 Å². The summed E-state index contributed by atoms with van der Waals surface area (Å²) in [4.78, 5) is 96.3. The minimum Gasteiger partial charge on any atom is -0.444 e. The summed E-state index contributed by atoms with van der Waals surface area (Å²) in [7, 11) is 3.11. The number of carbonyl (C=O) groups is 7. The lowest BCUT2D eigenvalue weighted by molar-refractivity contribution is -0.145. The van der Waals surface area contributed by atoms with Crippen molar-refractivity contribution < 1.29 is 43.0 Å². The van der Waals surface area contributed by atoms with Crippen LogP contribution in [0.3, 0.4) is 0 Å². The molecule has 53 heavy (non-hydrogen) atoms. The minimum atomic E-state index is -1.26. The number of hydrogen-bond acceptors (Lipinski definition) is 9. The number of benzene rings is 1. The van der Waals surface area contributed by atoms with Gasteiger partial charge in [0.05, 0.1) is 24.3 Å². The van der Waals surface area contributed by atoms with Crippen molar-refractivity contribution in [3.8, 4) is 0 Å². The summed E-state index contributed by atoms with van der Waals surface area (Å²) in [6, 6.07) is 4.20. The predicted octanol–water partition coefficient (Wildman–Crippen LogP) is 2.24. The first-order valence-electron chi connectivity index (χ1n) is 18.1. The molecule has 2 heterocycles. The Morgan fingerprint density at radius 1 is 0.962 bits per heavy atom. The van der Waals surface area contributed by atoms with Gasteiger partial charge in [0, 0.05) is 26.6 Å². The summed E-state index contributed by atoms with van der Waals surface area (Å²) < 4.78 is 11.7. The molecule has 294 valence electrons. The molecular formula is C38H58N6O9. The third-order valence-electron chi connectivity index (χ3n) is 9.09. The fourth-order valence-corrected chi connectivity index (χ4v) is 6.70. The summed E-state index contributed by atoms with van der Waals surface area (Å²) in [5, 5.41) is 10.3.